The molecule has 7 heteroatoms. The summed E-state index contributed by atoms with van der Waals surface area (Å²) >= 11 is 0. The van der Waals surface area contributed by atoms with Gasteiger partial charge >= 0.3 is 8.88 Å². The van der Waals surface area contributed by atoms with Gasteiger partial charge in [-0.3, -0.25) is 0 Å². The Kier molecular flexibility index (Phi) is 7.44. The Morgan fingerprint density at radius 3 is 1.05 bits per heavy atom. The van der Waals surface area contributed by atoms with Crippen molar-refractivity contribution in [3.8, 4) is 0 Å². The van der Waals surface area contributed by atoms with Crippen LogP contribution in [0, 0.1) is 27.7 Å². The lowest BCUT2D eigenvalue weighted by atomic mass is 9.99. The van der Waals surface area contributed by atoms with E-state index in [9.17, 15) is 9.59 Å². The lowest BCUT2D eigenvalue weighted by Gasteiger charge is -2.30. The molecule has 6 heterocycles. The number of aryl methyl sites for hydroxylation is 4. The monoisotopic (exact) mass is 730 g/mol. The summed E-state index contributed by atoms with van der Waals surface area (Å²) in [5.41, 5.74) is 15.9. The zero-order valence-electron chi connectivity index (χ0n) is 31.0. The highest BCUT2D eigenvalue weighted by Crippen LogP contribution is 2.40. The predicted octanol–water partition coefficient (Wildman–Crippen LogP) is 7.31. The molecule has 55 heavy (non-hydrogen) atoms. The molecule has 2 N–H and O–H groups in total. The van der Waals surface area contributed by atoms with E-state index in [4.69, 9.17) is 9.98 Å². The van der Waals surface area contributed by atoms with Gasteiger partial charge in [-0.15, -0.1) is 0 Å². The summed E-state index contributed by atoms with van der Waals surface area (Å²) in [5, 5.41) is 1.33. The predicted molar refractivity (Wildman–Crippen MR) is 224 cm³/mol. The van der Waals surface area contributed by atoms with E-state index < -0.39 is 8.88 Å². The third-order valence-corrected chi connectivity index (χ3v) is 13.2. The normalized spacial score (nSPS) is 16.5. The van der Waals surface area contributed by atoms with Gasteiger partial charge in [0.25, 0.3) is 0 Å². The van der Waals surface area contributed by atoms with Crippen LogP contribution >= 0.6 is 0 Å². The van der Waals surface area contributed by atoms with Crippen molar-refractivity contribution < 1.29 is 9.59 Å². The van der Waals surface area contributed by atoms with Crippen LogP contribution in [0.1, 0.15) is 55.9 Å². The molecule has 0 radical (unpaired) electrons. The molecule has 0 unspecified atom stereocenters. The number of aliphatic imine (C=N–C) groups is 2. The summed E-state index contributed by atoms with van der Waals surface area (Å²) in [6.45, 7) is 8.29. The maximum atomic E-state index is 13.6. The van der Waals surface area contributed by atoms with Crippen molar-refractivity contribution in [2.24, 2.45) is 9.98 Å². The fourth-order valence-corrected chi connectivity index (χ4v) is 10.5. The Balaban J connectivity index is 1.46. The Bertz CT molecular complexity index is 2740. The van der Waals surface area contributed by atoms with Gasteiger partial charge in [0.2, 0.25) is 0 Å². The Morgan fingerprint density at radius 1 is 0.382 bits per heavy atom. The first-order valence-electron chi connectivity index (χ1n) is 18.6. The fourth-order valence-electron chi connectivity index (χ4n) is 8.27. The lowest BCUT2D eigenvalue weighted by Crippen LogP contribution is -2.61. The van der Waals surface area contributed by atoms with Crippen LogP contribution < -0.4 is 10.7 Å². The SMILES string of the molecule is Cc1ccc(C2=C3C=CC(=N3)C(c3ccc(C)cc3)=c3ccc4n3[Si](O)(O)n3c2ccc3C(c2ccc(C)cc2)=C2C=CC(=N2)C=4c2ccc(C)cc2)cc1. The summed E-state index contributed by atoms with van der Waals surface area (Å²) in [7, 11) is -4.83. The minimum atomic E-state index is -4.83. The molecule has 4 aromatic carbocycles. The second-order valence-electron chi connectivity index (χ2n) is 14.9. The summed E-state index contributed by atoms with van der Waals surface area (Å²) in [6.07, 6.45) is 8.24. The topological polar surface area (TPSA) is 75.0 Å². The van der Waals surface area contributed by atoms with Gasteiger partial charge in [0.15, 0.2) is 0 Å². The molecule has 10 rings (SSSR count). The second kappa shape index (κ2) is 12.3. The van der Waals surface area contributed by atoms with E-state index >= 15 is 0 Å². The van der Waals surface area contributed by atoms with E-state index in [0.717, 1.165) is 89.6 Å². The average Bonchev–Trinajstić information content (AvgIpc) is 4.01. The zero-order chi connectivity index (χ0) is 37.6. The van der Waals surface area contributed by atoms with Crippen molar-refractivity contribution in [1.82, 2.24) is 8.47 Å². The van der Waals surface area contributed by atoms with Crippen molar-refractivity contribution >= 4 is 42.6 Å². The van der Waals surface area contributed by atoms with Gasteiger partial charge in [0.1, 0.15) is 0 Å². The number of benzene rings is 4. The van der Waals surface area contributed by atoms with Gasteiger partial charge in [-0.1, -0.05) is 119 Å². The Labute approximate surface area is 320 Å². The highest BCUT2D eigenvalue weighted by atomic mass is 28.4. The van der Waals surface area contributed by atoms with Gasteiger partial charge in [-0.05, 0) is 98.5 Å². The summed E-state index contributed by atoms with van der Waals surface area (Å²) in [4.78, 5) is 37.9. The van der Waals surface area contributed by atoms with Gasteiger partial charge in [0, 0.05) is 44.4 Å². The van der Waals surface area contributed by atoms with Crippen molar-refractivity contribution in [3.63, 3.8) is 0 Å². The lowest BCUT2D eigenvalue weighted by molar-refractivity contribution is 0.322. The summed E-state index contributed by atoms with van der Waals surface area (Å²) in [5.74, 6) is 0. The van der Waals surface area contributed by atoms with E-state index in [0.29, 0.717) is 22.1 Å². The fraction of sp³-hybridized carbons (Fsp3) is 0.0833. The van der Waals surface area contributed by atoms with Crippen LogP contribution in [0.3, 0.4) is 0 Å². The molecular weight excluding hydrogens is 693 g/mol. The quantitative estimate of drug-likeness (QED) is 0.187. The molecule has 2 aromatic heterocycles. The maximum Gasteiger partial charge on any atom is 0.592 e. The Morgan fingerprint density at radius 2 is 0.709 bits per heavy atom. The number of hydrogen-bond acceptors (Lipinski definition) is 4. The molecule has 6 nitrogen and oxygen atoms in total. The molecule has 0 saturated carbocycles. The van der Waals surface area contributed by atoms with Crippen molar-refractivity contribution in [2.45, 2.75) is 27.7 Å². The highest BCUT2D eigenvalue weighted by molar-refractivity contribution is 6.62. The van der Waals surface area contributed by atoms with Crippen LogP contribution in [0.25, 0.3) is 22.3 Å². The van der Waals surface area contributed by atoms with Crippen molar-refractivity contribution in [3.05, 3.63) is 224 Å². The Hall–Kier alpha value is -6.38. The molecule has 4 aliphatic heterocycles. The standard InChI is InChI=1S/C48H38N4O2Si/c1-29-5-13-33(14-6-29)45-37-21-22-38(49-37)46(34-15-7-30(2)8-16-34)43-27-28-44-48(36-19-11-32(4)12-20-36)40-24-23-39(50-40)47(35-17-9-31(3)10-18-35)42-26-25-41(45)51(42)55(53,54)52(43)44/h5-28,53-54H,1-4H3. The van der Waals surface area contributed by atoms with E-state index in [1.54, 1.807) is 0 Å². The van der Waals surface area contributed by atoms with Gasteiger partial charge in [-0.25, -0.2) is 9.98 Å². The van der Waals surface area contributed by atoms with Gasteiger partial charge in [0.05, 0.1) is 22.8 Å². The molecule has 0 spiro atoms. The van der Waals surface area contributed by atoms with E-state index in [-0.39, 0.29) is 0 Å². The third kappa shape index (κ3) is 5.23. The highest BCUT2D eigenvalue weighted by Gasteiger charge is 2.45. The first-order valence-corrected chi connectivity index (χ1v) is 20.4. The first kappa shape index (κ1) is 33.2. The van der Waals surface area contributed by atoms with E-state index in [2.05, 4.69) is 149 Å². The minimum Gasteiger partial charge on any atom is -0.377 e. The number of nitrogens with zero attached hydrogens (tertiary/aromatic N) is 4. The summed E-state index contributed by atoms with van der Waals surface area (Å²) < 4.78 is 3.62. The molecule has 0 atom stereocenters. The molecule has 6 aromatic rings. The largest absolute Gasteiger partial charge is 0.592 e. The number of fused-ring (bicyclic) bond motifs is 2. The molecule has 0 saturated heterocycles. The minimum absolute atomic E-state index is 0.665. The molecule has 0 aliphatic carbocycles. The van der Waals surface area contributed by atoms with Crippen molar-refractivity contribution in [2.75, 3.05) is 0 Å². The van der Waals surface area contributed by atoms with Crippen LogP contribution in [0.2, 0.25) is 0 Å². The molecule has 6 bridgehead atoms. The number of rotatable bonds is 4. The maximum absolute atomic E-state index is 13.6. The van der Waals surface area contributed by atoms with Crippen LogP contribution in [0.15, 0.2) is 167 Å². The number of hydrogen-bond donors (Lipinski definition) is 2. The third-order valence-electron chi connectivity index (χ3n) is 11.1. The molecule has 266 valence electrons. The van der Waals surface area contributed by atoms with Gasteiger partial charge < -0.3 is 18.1 Å². The van der Waals surface area contributed by atoms with Crippen LogP contribution in [0.5, 0.6) is 0 Å². The second-order valence-corrected chi connectivity index (χ2v) is 17.0. The van der Waals surface area contributed by atoms with Crippen molar-refractivity contribution in [1.29, 1.82) is 0 Å². The van der Waals surface area contributed by atoms with E-state index in [1.807, 2.05) is 32.7 Å². The zero-order valence-corrected chi connectivity index (χ0v) is 32.0. The first-order chi connectivity index (χ1) is 26.7. The molecule has 0 amide bonds. The van der Waals surface area contributed by atoms with Crippen LogP contribution in [-0.4, -0.2) is 38.4 Å². The number of aromatic nitrogens is 2. The molecule has 4 aliphatic rings. The summed E-state index contributed by atoms with van der Waals surface area (Å²) in [6, 6.07) is 41.6. The van der Waals surface area contributed by atoms with E-state index in [1.165, 1.54) is 0 Å². The molecular formula is C48H38N4O2Si. The van der Waals surface area contributed by atoms with Crippen LogP contribution in [-0.2, 0) is 0 Å². The molecule has 0 fully saturated rings. The average molecular weight is 731 g/mol. The number of allylic oxidation sites excluding steroid dienone is 4. The smallest absolute Gasteiger partial charge is 0.377 e. The van der Waals surface area contributed by atoms with Gasteiger partial charge in [-0.2, -0.15) is 0 Å². The van der Waals surface area contributed by atoms with Crippen LogP contribution in [0.4, 0.5) is 0 Å².